The van der Waals surface area contributed by atoms with E-state index < -0.39 is 0 Å². The van der Waals surface area contributed by atoms with Gasteiger partial charge in [-0.15, -0.1) is 11.3 Å². The molecular weight excluding hydrogens is 198 g/mol. The number of aldehydes is 1. The van der Waals surface area contributed by atoms with Gasteiger partial charge in [0.15, 0.2) is 6.29 Å². The minimum absolute atomic E-state index is 0.0652. The Morgan fingerprint density at radius 3 is 2.93 bits per heavy atom. The lowest BCUT2D eigenvalue weighted by atomic mass is 10.1. The standard InChI is InChI=1S/C10H9NO2S/c11-8-1-2-9-10(7(8)4-13)6(3-12)5-14-9/h1-2,4-5,12H,3,11H2. The van der Waals surface area contributed by atoms with Crippen LogP contribution in [0.4, 0.5) is 5.69 Å². The number of anilines is 1. The summed E-state index contributed by atoms with van der Waals surface area (Å²) >= 11 is 1.50. The largest absolute Gasteiger partial charge is 0.398 e. The van der Waals surface area contributed by atoms with Crippen LogP contribution in [0.2, 0.25) is 0 Å². The normalized spacial score (nSPS) is 10.6. The quantitative estimate of drug-likeness (QED) is 0.583. The summed E-state index contributed by atoms with van der Waals surface area (Å²) in [6, 6.07) is 3.57. The van der Waals surface area contributed by atoms with Gasteiger partial charge in [-0.1, -0.05) is 0 Å². The van der Waals surface area contributed by atoms with E-state index in [0.29, 0.717) is 11.3 Å². The minimum Gasteiger partial charge on any atom is -0.398 e. The Morgan fingerprint density at radius 2 is 2.29 bits per heavy atom. The number of rotatable bonds is 2. The van der Waals surface area contributed by atoms with Gasteiger partial charge >= 0.3 is 0 Å². The van der Waals surface area contributed by atoms with Crippen LogP contribution in [0.5, 0.6) is 0 Å². The van der Waals surface area contributed by atoms with Crippen molar-refractivity contribution in [3.05, 3.63) is 28.6 Å². The zero-order valence-corrected chi connectivity index (χ0v) is 8.17. The second kappa shape index (κ2) is 3.40. The summed E-state index contributed by atoms with van der Waals surface area (Å²) in [5.41, 5.74) is 7.37. The first kappa shape index (κ1) is 9.18. The highest BCUT2D eigenvalue weighted by molar-refractivity contribution is 7.17. The molecule has 0 bridgehead atoms. The molecule has 0 amide bonds. The Labute approximate surface area is 84.8 Å². The summed E-state index contributed by atoms with van der Waals surface area (Å²) in [6.45, 7) is -0.0652. The number of benzene rings is 1. The first-order valence-electron chi connectivity index (χ1n) is 4.12. The molecule has 72 valence electrons. The molecule has 3 N–H and O–H groups in total. The van der Waals surface area contributed by atoms with Gasteiger partial charge in [0, 0.05) is 21.3 Å². The Morgan fingerprint density at radius 1 is 1.50 bits per heavy atom. The molecule has 0 saturated heterocycles. The van der Waals surface area contributed by atoms with Crippen molar-refractivity contribution < 1.29 is 9.90 Å². The van der Waals surface area contributed by atoms with E-state index in [1.54, 1.807) is 6.07 Å². The van der Waals surface area contributed by atoms with Crippen LogP contribution < -0.4 is 5.73 Å². The molecule has 1 heterocycles. The first-order valence-corrected chi connectivity index (χ1v) is 5.00. The number of nitrogens with two attached hydrogens (primary N) is 1. The monoisotopic (exact) mass is 207 g/mol. The average Bonchev–Trinajstić information content (AvgIpc) is 2.61. The molecule has 2 rings (SSSR count). The number of aliphatic hydroxyl groups excluding tert-OH is 1. The smallest absolute Gasteiger partial charge is 0.152 e. The number of carbonyl (C=O) groups excluding carboxylic acids is 1. The SMILES string of the molecule is Nc1ccc2scc(CO)c2c1C=O. The molecule has 3 nitrogen and oxygen atoms in total. The van der Waals surface area contributed by atoms with E-state index in [1.165, 1.54) is 11.3 Å². The molecule has 0 unspecified atom stereocenters. The van der Waals surface area contributed by atoms with Crippen molar-refractivity contribution in [1.29, 1.82) is 0 Å². The molecule has 14 heavy (non-hydrogen) atoms. The highest BCUT2D eigenvalue weighted by atomic mass is 32.1. The maximum atomic E-state index is 10.9. The molecule has 1 aromatic carbocycles. The second-order valence-corrected chi connectivity index (χ2v) is 3.89. The van der Waals surface area contributed by atoms with Crippen molar-refractivity contribution >= 4 is 33.4 Å². The topological polar surface area (TPSA) is 63.3 Å². The summed E-state index contributed by atoms with van der Waals surface area (Å²) in [7, 11) is 0. The van der Waals surface area contributed by atoms with Crippen LogP contribution in [0.1, 0.15) is 15.9 Å². The molecule has 1 aromatic heterocycles. The lowest BCUT2D eigenvalue weighted by Gasteiger charge is -2.01. The molecule has 0 spiro atoms. The van der Waals surface area contributed by atoms with E-state index >= 15 is 0 Å². The maximum Gasteiger partial charge on any atom is 0.152 e. The van der Waals surface area contributed by atoms with E-state index in [2.05, 4.69) is 0 Å². The summed E-state index contributed by atoms with van der Waals surface area (Å²) in [5, 5.41) is 11.7. The van der Waals surface area contributed by atoms with E-state index in [9.17, 15) is 4.79 Å². The van der Waals surface area contributed by atoms with Gasteiger partial charge in [0.25, 0.3) is 0 Å². The highest BCUT2D eigenvalue weighted by Crippen LogP contribution is 2.31. The van der Waals surface area contributed by atoms with Crippen molar-refractivity contribution in [2.45, 2.75) is 6.61 Å². The van der Waals surface area contributed by atoms with Crippen molar-refractivity contribution in [3.8, 4) is 0 Å². The number of thiophene rings is 1. The lowest BCUT2D eigenvalue weighted by Crippen LogP contribution is -1.94. The van der Waals surface area contributed by atoms with Crippen LogP contribution in [-0.2, 0) is 6.61 Å². The number of nitrogen functional groups attached to an aromatic ring is 1. The fourth-order valence-corrected chi connectivity index (χ4v) is 2.45. The van der Waals surface area contributed by atoms with E-state index in [1.807, 2.05) is 11.4 Å². The lowest BCUT2D eigenvalue weighted by molar-refractivity contribution is 0.112. The summed E-state index contributed by atoms with van der Waals surface area (Å²) in [4.78, 5) is 10.9. The van der Waals surface area contributed by atoms with Gasteiger partial charge in [-0.25, -0.2) is 0 Å². The fraction of sp³-hybridized carbons (Fsp3) is 0.100. The molecule has 0 atom stereocenters. The summed E-state index contributed by atoms with van der Waals surface area (Å²) < 4.78 is 0.977. The Hall–Kier alpha value is -1.39. The molecule has 2 aromatic rings. The van der Waals surface area contributed by atoms with Gasteiger partial charge in [-0.3, -0.25) is 4.79 Å². The van der Waals surface area contributed by atoms with Crippen molar-refractivity contribution in [2.24, 2.45) is 0 Å². The highest BCUT2D eigenvalue weighted by Gasteiger charge is 2.10. The van der Waals surface area contributed by atoms with Gasteiger partial charge < -0.3 is 10.8 Å². The first-order chi connectivity index (χ1) is 6.77. The molecule has 0 saturated carbocycles. The predicted molar refractivity (Wildman–Crippen MR) is 57.5 cm³/mol. The van der Waals surface area contributed by atoms with Crippen LogP contribution in [-0.4, -0.2) is 11.4 Å². The number of carbonyl (C=O) groups is 1. The average molecular weight is 207 g/mol. The number of fused-ring (bicyclic) bond motifs is 1. The minimum atomic E-state index is -0.0652. The van der Waals surface area contributed by atoms with E-state index in [-0.39, 0.29) is 6.61 Å². The maximum absolute atomic E-state index is 10.9. The van der Waals surface area contributed by atoms with Crippen LogP contribution in [0.25, 0.3) is 10.1 Å². The van der Waals surface area contributed by atoms with Crippen LogP contribution >= 0.6 is 11.3 Å². The summed E-state index contributed by atoms with van der Waals surface area (Å²) in [6.07, 6.45) is 0.740. The predicted octanol–water partition coefficient (Wildman–Crippen LogP) is 1.79. The van der Waals surface area contributed by atoms with Crippen molar-refractivity contribution in [3.63, 3.8) is 0 Å². The summed E-state index contributed by atoms with van der Waals surface area (Å²) in [5.74, 6) is 0. The van der Waals surface area contributed by atoms with Crippen molar-refractivity contribution in [1.82, 2.24) is 0 Å². The molecule has 0 aliphatic carbocycles. The number of hydrogen-bond acceptors (Lipinski definition) is 4. The van der Waals surface area contributed by atoms with Crippen LogP contribution in [0.3, 0.4) is 0 Å². The van der Waals surface area contributed by atoms with Gasteiger partial charge in [0.2, 0.25) is 0 Å². The molecule has 0 radical (unpaired) electrons. The molecule has 0 aliphatic heterocycles. The fourth-order valence-electron chi connectivity index (χ4n) is 1.48. The number of hydrogen-bond donors (Lipinski definition) is 2. The molecule has 0 aliphatic rings. The van der Waals surface area contributed by atoms with Crippen molar-refractivity contribution in [2.75, 3.05) is 5.73 Å². The second-order valence-electron chi connectivity index (χ2n) is 2.98. The van der Waals surface area contributed by atoms with E-state index in [0.717, 1.165) is 21.9 Å². The zero-order valence-electron chi connectivity index (χ0n) is 7.36. The Balaban J connectivity index is 2.88. The van der Waals surface area contributed by atoms with Gasteiger partial charge in [0.05, 0.1) is 6.61 Å². The van der Waals surface area contributed by atoms with Gasteiger partial charge in [-0.2, -0.15) is 0 Å². The Kier molecular flexibility index (Phi) is 2.23. The Bertz CT molecular complexity index is 490. The van der Waals surface area contributed by atoms with Gasteiger partial charge in [-0.05, 0) is 23.1 Å². The number of aliphatic hydroxyl groups is 1. The zero-order chi connectivity index (χ0) is 10.1. The van der Waals surface area contributed by atoms with E-state index in [4.69, 9.17) is 10.8 Å². The van der Waals surface area contributed by atoms with Gasteiger partial charge in [0.1, 0.15) is 0 Å². The third-order valence-electron chi connectivity index (χ3n) is 2.18. The third kappa shape index (κ3) is 1.20. The molecular formula is C10H9NO2S. The van der Waals surface area contributed by atoms with Crippen LogP contribution in [0, 0.1) is 0 Å². The third-order valence-corrected chi connectivity index (χ3v) is 3.17. The molecule has 4 heteroatoms. The molecule has 0 fully saturated rings. The van der Waals surface area contributed by atoms with Crippen LogP contribution in [0.15, 0.2) is 17.5 Å².